The lowest BCUT2D eigenvalue weighted by atomic mass is 9.73. The van der Waals surface area contributed by atoms with Gasteiger partial charge in [0.2, 0.25) is 0 Å². The summed E-state index contributed by atoms with van der Waals surface area (Å²) < 4.78 is 0. The summed E-state index contributed by atoms with van der Waals surface area (Å²) in [4.78, 5) is 2.78. The lowest BCUT2D eigenvalue weighted by Gasteiger charge is -2.44. The Balaban J connectivity index is 1.89. The van der Waals surface area contributed by atoms with Crippen molar-refractivity contribution in [3.8, 4) is 0 Å². The van der Waals surface area contributed by atoms with Crippen LogP contribution in [-0.2, 0) is 0 Å². The van der Waals surface area contributed by atoms with E-state index in [1.165, 1.54) is 71.2 Å². The third-order valence-corrected chi connectivity index (χ3v) is 5.94. The number of hydrogen-bond donors (Lipinski definition) is 1. The third kappa shape index (κ3) is 5.25. The largest absolute Gasteiger partial charge is 0.316 e. The maximum Gasteiger partial charge on any atom is 0.00503 e. The van der Waals surface area contributed by atoms with Gasteiger partial charge in [0, 0.05) is 19.6 Å². The zero-order chi connectivity index (χ0) is 15.3. The Morgan fingerprint density at radius 3 is 2.43 bits per heavy atom. The van der Waals surface area contributed by atoms with Crippen molar-refractivity contribution >= 4 is 0 Å². The Labute approximate surface area is 133 Å². The topological polar surface area (TPSA) is 15.3 Å². The highest BCUT2D eigenvalue weighted by Gasteiger charge is 2.35. The monoisotopic (exact) mass is 294 g/mol. The minimum atomic E-state index is 0.563. The van der Waals surface area contributed by atoms with E-state index in [0.29, 0.717) is 5.41 Å². The van der Waals surface area contributed by atoms with Crippen LogP contribution in [0.25, 0.3) is 0 Å². The highest BCUT2D eigenvalue weighted by atomic mass is 15.1. The van der Waals surface area contributed by atoms with Gasteiger partial charge in [0.15, 0.2) is 0 Å². The molecule has 2 rings (SSSR count). The number of likely N-dealkylation sites (tertiary alicyclic amines) is 1. The maximum absolute atomic E-state index is 3.78. The molecule has 2 fully saturated rings. The van der Waals surface area contributed by atoms with Gasteiger partial charge in [-0.05, 0) is 55.5 Å². The molecule has 1 saturated heterocycles. The quantitative estimate of drug-likeness (QED) is 0.791. The molecule has 124 valence electrons. The molecule has 1 heterocycles. The molecule has 0 aromatic rings. The standard InChI is InChI=1S/C19H38N2/c1-16(2)12-20-14-19(9-6-5-7-10-19)15-21-11-8-17(3)18(4)13-21/h16-18,20H,5-15H2,1-4H3. The van der Waals surface area contributed by atoms with E-state index in [2.05, 4.69) is 37.9 Å². The number of rotatable bonds is 6. The molecule has 2 atom stereocenters. The molecule has 0 aromatic heterocycles. The van der Waals surface area contributed by atoms with Crippen LogP contribution in [0, 0.1) is 23.2 Å². The van der Waals surface area contributed by atoms with Crippen molar-refractivity contribution in [3.05, 3.63) is 0 Å². The van der Waals surface area contributed by atoms with Crippen molar-refractivity contribution < 1.29 is 0 Å². The molecule has 0 radical (unpaired) electrons. The molecular formula is C19H38N2. The average molecular weight is 295 g/mol. The van der Waals surface area contributed by atoms with Crippen LogP contribution in [0.3, 0.4) is 0 Å². The van der Waals surface area contributed by atoms with Gasteiger partial charge in [-0.2, -0.15) is 0 Å². The molecule has 0 aromatic carbocycles. The second-order valence-corrected chi connectivity index (χ2v) is 8.56. The summed E-state index contributed by atoms with van der Waals surface area (Å²) in [6, 6.07) is 0. The minimum Gasteiger partial charge on any atom is -0.316 e. The van der Waals surface area contributed by atoms with E-state index < -0.39 is 0 Å². The van der Waals surface area contributed by atoms with Crippen LogP contribution < -0.4 is 5.32 Å². The van der Waals surface area contributed by atoms with Crippen molar-refractivity contribution in [1.82, 2.24) is 10.2 Å². The molecule has 0 bridgehead atoms. The van der Waals surface area contributed by atoms with E-state index in [0.717, 1.165) is 17.8 Å². The number of nitrogens with one attached hydrogen (secondary N) is 1. The summed E-state index contributed by atoms with van der Waals surface area (Å²) in [6.45, 7) is 15.9. The van der Waals surface area contributed by atoms with E-state index in [-0.39, 0.29) is 0 Å². The summed E-state index contributed by atoms with van der Waals surface area (Å²) in [7, 11) is 0. The van der Waals surface area contributed by atoms with E-state index in [1.807, 2.05) is 0 Å². The van der Waals surface area contributed by atoms with Gasteiger partial charge in [0.25, 0.3) is 0 Å². The summed E-state index contributed by atoms with van der Waals surface area (Å²) >= 11 is 0. The smallest absolute Gasteiger partial charge is 0.00503 e. The molecule has 1 aliphatic heterocycles. The summed E-state index contributed by atoms with van der Waals surface area (Å²) in [5, 5.41) is 3.78. The summed E-state index contributed by atoms with van der Waals surface area (Å²) in [5.41, 5.74) is 0.563. The van der Waals surface area contributed by atoms with Gasteiger partial charge in [0.05, 0.1) is 0 Å². The van der Waals surface area contributed by atoms with Crippen molar-refractivity contribution in [2.75, 3.05) is 32.7 Å². The van der Waals surface area contributed by atoms with E-state index in [9.17, 15) is 0 Å². The third-order valence-electron chi connectivity index (χ3n) is 5.94. The predicted octanol–water partition coefficient (Wildman–Crippen LogP) is 4.16. The van der Waals surface area contributed by atoms with Crippen LogP contribution in [-0.4, -0.2) is 37.6 Å². The number of piperidine rings is 1. The average Bonchev–Trinajstić information content (AvgIpc) is 2.43. The van der Waals surface area contributed by atoms with Gasteiger partial charge in [-0.15, -0.1) is 0 Å². The molecule has 0 spiro atoms. The van der Waals surface area contributed by atoms with Crippen molar-refractivity contribution in [2.24, 2.45) is 23.2 Å². The maximum atomic E-state index is 3.78. The zero-order valence-corrected chi connectivity index (χ0v) is 15.0. The Kier molecular flexibility index (Phi) is 6.55. The summed E-state index contributed by atoms with van der Waals surface area (Å²) in [6.07, 6.45) is 8.64. The Hall–Kier alpha value is -0.0800. The van der Waals surface area contributed by atoms with E-state index in [4.69, 9.17) is 0 Å². The molecular weight excluding hydrogens is 256 g/mol. The lowest BCUT2D eigenvalue weighted by molar-refractivity contribution is 0.0589. The van der Waals surface area contributed by atoms with E-state index >= 15 is 0 Å². The van der Waals surface area contributed by atoms with Gasteiger partial charge in [-0.3, -0.25) is 0 Å². The van der Waals surface area contributed by atoms with Crippen LogP contribution in [0.1, 0.15) is 66.2 Å². The summed E-state index contributed by atoms with van der Waals surface area (Å²) in [5.74, 6) is 2.56. The highest BCUT2D eigenvalue weighted by molar-refractivity contribution is 4.89. The van der Waals surface area contributed by atoms with Gasteiger partial charge in [-0.25, -0.2) is 0 Å². The zero-order valence-electron chi connectivity index (χ0n) is 15.0. The molecule has 2 aliphatic rings. The van der Waals surface area contributed by atoms with Crippen LogP contribution in [0.15, 0.2) is 0 Å². The SMILES string of the molecule is CC(C)CNCC1(CN2CCC(C)C(C)C2)CCCCC1. The fraction of sp³-hybridized carbons (Fsp3) is 1.00. The van der Waals surface area contributed by atoms with Gasteiger partial charge < -0.3 is 10.2 Å². The predicted molar refractivity (Wildman–Crippen MR) is 92.6 cm³/mol. The lowest BCUT2D eigenvalue weighted by Crippen LogP contribution is -2.49. The van der Waals surface area contributed by atoms with E-state index in [1.54, 1.807) is 0 Å². The van der Waals surface area contributed by atoms with Crippen LogP contribution >= 0.6 is 0 Å². The molecule has 1 N–H and O–H groups in total. The fourth-order valence-corrected chi connectivity index (χ4v) is 4.29. The fourth-order valence-electron chi connectivity index (χ4n) is 4.29. The van der Waals surface area contributed by atoms with Crippen LogP contribution in [0.4, 0.5) is 0 Å². The molecule has 2 unspecified atom stereocenters. The van der Waals surface area contributed by atoms with Crippen LogP contribution in [0.5, 0.6) is 0 Å². The second kappa shape index (κ2) is 7.97. The first-order chi connectivity index (χ1) is 10.0. The first-order valence-electron chi connectivity index (χ1n) is 9.44. The van der Waals surface area contributed by atoms with Gasteiger partial charge >= 0.3 is 0 Å². The molecule has 1 aliphatic carbocycles. The Morgan fingerprint density at radius 2 is 1.81 bits per heavy atom. The Bertz CT molecular complexity index is 294. The molecule has 2 nitrogen and oxygen atoms in total. The number of nitrogens with zero attached hydrogens (tertiary/aromatic N) is 1. The second-order valence-electron chi connectivity index (χ2n) is 8.56. The van der Waals surface area contributed by atoms with Crippen molar-refractivity contribution in [3.63, 3.8) is 0 Å². The Morgan fingerprint density at radius 1 is 1.10 bits per heavy atom. The van der Waals surface area contributed by atoms with Crippen molar-refractivity contribution in [2.45, 2.75) is 66.2 Å². The molecule has 0 amide bonds. The molecule has 2 heteroatoms. The minimum absolute atomic E-state index is 0.563. The van der Waals surface area contributed by atoms with Gasteiger partial charge in [0.1, 0.15) is 0 Å². The normalized spacial score (nSPS) is 30.7. The highest BCUT2D eigenvalue weighted by Crippen LogP contribution is 2.37. The van der Waals surface area contributed by atoms with Crippen LogP contribution in [0.2, 0.25) is 0 Å². The first-order valence-corrected chi connectivity index (χ1v) is 9.44. The molecule has 21 heavy (non-hydrogen) atoms. The first kappa shape index (κ1) is 17.3. The molecule has 1 saturated carbocycles. The van der Waals surface area contributed by atoms with Gasteiger partial charge in [-0.1, -0.05) is 47.0 Å². The number of hydrogen-bond acceptors (Lipinski definition) is 2. The van der Waals surface area contributed by atoms with Crippen molar-refractivity contribution in [1.29, 1.82) is 0 Å².